The topological polar surface area (TPSA) is 0 Å². The summed E-state index contributed by atoms with van der Waals surface area (Å²) in [6.07, 6.45) is 0. The number of hydrogen-bond acceptors (Lipinski definition) is 0. The number of hydrogen-bond donors (Lipinski definition) is 0. The molecule has 0 amide bonds. The molecule has 54 heavy (non-hydrogen) atoms. The van der Waals surface area contributed by atoms with Crippen LogP contribution in [0.1, 0.15) is 11.1 Å². The monoisotopic (exact) mass is 830 g/mol. The van der Waals surface area contributed by atoms with Crippen LogP contribution in [0.25, 0.3) is 86.9 Å². The van der Waals surface area contributed by atoms with Crippen LogP contribution in [0.5, 0.6) is 0 Å². The summed E-state index contributed by atoms with van der Waals surface area (Å²) in [5, 5.41) is 15.9. The standard InChI is InChI=1S/2C24H17.C2H6Si.2ClH.Zr/c2*1-16-14-18-7-4-9-22(24(18)15-16)21-11-5-10-20-19-8-3-2-6-17(19)12-13-23(20)21;1-3-2;;;/h2*2-15H,1H3;1-2H3;2*1H;/q2*-1;;;;+2. The summed E-state index contributed by atoms with van der Waals surface area (Å²) in [5.74, 6) is 0. The molecule has 10 aromatic rings. The first-order valence-electron chi connectivity index (χ1n) is 17.8. The van der Waals surface area contributed by atoms with E-state index in [2.05, 4.69) is 197 Å². The van der Waals surface area contributed by atoms with E-state index in [1.54, 1.807) is 0 Å². The van der Waals surface area contributed by atoms with E-state index in [1.165, 1.54) is 98.0 Å². The van der Waals surface area contributed by atoms with Crippen LogP contribution in [-0.2, 0) is 26.2 Å². The predicted molar refractivity (Wildman–Crippen MR) is 241 cm³/mol. The van der Waals surface area contributed by atoms with Crippen molar-refractivity contribution in [1.29, 1.82) is 0 Å². The molecule has 264 valence electrons. The van der Waals surface area contributed by atoms with Gasteiger partial charge in [0, 0.05) is 9.52 Å². The van der Waals surface area contributed by atoms with Crippen LogP contribution in [0.15, 0.2) is 170 Å². The second-order valence-corrected chi connectivity index (χ2v) is 14.6. The molecule has 0 bridgehead atoms. The number of rotatable bonds is 2. The van der Waals surface area contributed by atoms with Gasteiger partial charge >= 0.3 is 26.2 Å². The van der Waals surface area contributed by atoms with Crippen LogP contribution in [-0.4, -0.2) is 9.52 Å². The van der Waals surface area contributed by atoms with Crippen molar-refractivity contribution in [3.05, 3.63) is 181 Å². The number of halogens is 2. The van der Waals surface area contributed by atoms with E-state index in [-0.39, 0.29) is 51.0 Å². The van der Waals surface area contributed by atoms with Gasteiger partial charge in [0.2, 0.25) is 0 Å². The van der Waals surface area contributed by atoms with Crippen molar-refractivity contribution in [2.45, 2.75) is 26.9 Å². The third kappa shape index (κ3) is 7.77. The van der Waals surface area contributed by atoms with E-state index >= 15 is 0 Å². The van der Waals surface area contributed by atoms with E-state index < -0.39 is 0 Å². The second-order valence-electron chi connectivity index (χ2n) is 13.6. The zero-order valence-corrected chi connectivity index (χ0v) is 36.1. The molecular weight excluding hydrogens is 791 g/mol. The Hall–Kier alpha value is -4.30. The van der Waals surface area contributed by atoms with Crippen molar-refractivity contribution in [2.24, 2.45) is 0 Å². The summed E-state index contributed by atoms with van der Waals surface area (Å²) in [6.45, 7) is 8.64. The van der Waals surface area contributed by atoms with E-state index in [0.717, 1.165) is 9.52 Å². The molecule has 0 saturated heterocycles. The first-order chi connectivity index (χ1) is 25.0. The molecule has 0 aromatic heterocycles. The number of benzene rings is 8. The van der Waals surface area contributed by atoms with Crippen molar-refractivity contribution >= 4 is 99.0 Å². The molecule has 0 aliphatic carbocycles. The average molecular weight is 833 g/mol. The maximum absolute atomic E-state index is 2.30. The van der Waals surface area contributed by atoms with E-state index in [0.29, 0.717) is 0 Å². The molecule has 0 atom stereocenters. The molecule has 0 nitrogen and oxygen atoms in total. The minimum Gasteiger partial charge on any atom is -0.165 e. The summed E-state index contributed by atoms with van der Waals surface area (Å²) in [7, 11) is 1.08. The third-order valence-electron chi connectivity index (χ3n) is 9.94. The van der Waals surface area contributed by atoms with Gasteiger partial charge in [0.25, 0.3) is 0 Å². The van der Waals surface area contributed by atoms with Gasteiger partial charge in [-0.2, -0.15) is 12.1 Å². The van der Waals surface area contributed by atoms with Crippen LogP contribution in [0.2, 0.25) is 13.1 Å². The summed E-state index contributed by atoms with van der Waals surface area (Å²) in [5.41, 5.74) is 7.91. The normalized spacial score (nSPS) is 10.6. The van der Waals surface area contributed by atoms with Gasteiger partial charge in [0.15, 0.2) is 0 Å². The molecule has 2 radical (unpaired) electrons. The van der Waals surface area contributed by atoms with Gasteiger partial charge < -0.3 is 0 Å². The molecule has 0 fully saturated rings. The van der Waals surface area contributed by atoms with Gasteiger partial charge in [-0.05, 0) is 54.2 Å². The van der Waals surface area contributed by atoms with Crippen molar-refractivity contribution in [3.63, 3.8) is 0 Å². The molecule has 0 spiro atoms. The molecule has 0 N–H and O–H groups in total. The van der Waals surface area contributed by atoms with Gasteiger partial charge in [-0.1, -0.05) is 159 Å². The number of fused-ring (bicyclic) bond motifs is 8. The largest absolute Gasteiger partial charge is 2.00 e. The first kappa shape index (κ1) is 40.9. The minimum absolute atomic E-state index is 0. The van der Waals surface area contributed by atoms with Crippen molar-refractivity contribution in [2.75, 3.05) is 0 Å². The number of aryl methyl sites for hydroxylation is 2. The van der Waals surface area contributed by atoms with E-state index in [4.69, 9.17) is 0 Å². The van der Waals surface area contributed by atoms with E-state index in [1.807, 2.05) is 0 Å². The van der Waals surface area contributed by atoms with Crippen LogP contribution >= 0.6 is 24.8 Å². The zero-order valence-electron chi connectivity index (χ0n) is 31.0. The Morgan fingerprint density at radius 3 is 1.09 bits per heavy atom. The fourth-order valence-corrected chi connectivity index (χ4v) is 7.79. The van der Waals surface area contributed by atoms with Gasteiger partial charge in [0.05, 0.1) is 0 Å². The Morgan fingerprint density at radius 1 is 0.352 bits per heavy atom. The van der Waals surface area contributed by atoms with Gasteiger partial charge in [-0.25, -0.2) is 0 Å². The average Bonchev–Trinajstić information content (AvgIpc) is 3.75. The predicted octanol–water partition coefficient (Wildman–Crippen LogP) is 15.3. The fourth-order valence-electron chi connectivity index (χ4n) is 7.79. The van der Waals surface area contributed by atoms with Crippen molar-refractivity contribution < 1.29 is 26.2 Å². The zero-order chi connectivity index (χ0) is 34.9. The molecule has 0 heterocycles. The summed E-state index contributed by atoms with van der Waals surface area (Å²) in [4.78, 5) is 0. The fraction of sp³-hybridized carbons (Fsp3) is 0.0800. The van der Waals surface area contributed by atoms with Crippen molar-refractivity contribution in [1.82, 2.24) is 0 Å². The Morgan fingerprint density at radius 2 is 0.685 bits per heavy atom. The van der Waals surface area contributed by atoms with Crippen LogP contribution in [0.3, 0.4) is 0 Å². The molecule has 0 aliphatic heterocycles. The second kappa shape index (κ2) is 17.9. The Bertz CT molecular complexity index is 2650. The SMILES string of the molecule is C[Si]C.Cc1cc2c(-c3cccc4c3ccc3ccccc34)cccc2[cH-]1.Cc1cc2c(-c3cccc4c3ccc3ccccc34)cccc2[cH-]1.Cl.Cl.[Zr+2]. The first-order valence-corrected chi connectivity index (χ1v) is 19.8. The molecule has 0 unspecified atom stereocenters. The summed E-state index contributed by atoms with van der Waals surface area (Å²) >= 11 is 0. The smallest absolute Gasteiger partial charge is 0.165 e. The van der Waals surface area contributed by atoms with Gasteiger partial charge in [-0.3, -0.25) is 0 Å². The summed E-state index contributed by atoms with van der Waals surface area (Å²) < 4.78 is 0. The molecular formula is C50H42Cl2SiZr. The molecule has 0 aliphatic rings. The summed E-state index contributed by atoms with van der Waals surface area (Å²) in [6, 6.07) is 61.9. The van der Waals surface area contributed by atoms with Crippen LogP contribution in [0, 0.1) is 13.8 Å². The quantitative estimate of drug-likeness (QED) is 0.0925. The Labute approximate surface area is 352 Å². The Balaban J connectivity index is 0.000000184. The van der Waals surface area contributed by atoms with Crippen LogP contribution in [0.4, 0.5) is 0 Å². The molecule has 0 saturated carbocycles. The molecule has 4 heteroatoms. The maximum Gasteiger partial charge on any atom is 2.00 e. The van der Waals surface area contributed by atoms with Gasteiger partial charge in [0.1, 0.15) is 0 Å². The van der Waals surface area contributed by atoms with Crippen molar-refractivity contribution in [3.8, 4) is 22.3 Å². The Kier molecular flexibility index (Phi) is 13.5. The molecule has 10 aromatic carbocycles. The maximum atomic E-state index is 2.30. The van der Waals surface area contributed by atoms with E-state index in [9.17, 15) is 0 Å². The van der Waals surface area contributed by atoms with Crippen LogP contribution < -0.4 is 0 Å². The third-order valence-corrected chi connectivity index (χ3v) is 9.94. The molecule has 10 rings (SSSR count). The van der Waals surface area contributed by atoms with Gasteiger partial charge in [-0.15, -0.1) is 93.9 Å². The minimum atomic E-state index is 0.